The Morgan fingerprint density at radius 3 is 2.15 bits per heavy atom. The molecule has 0 bridgehead atoms. The third-order valence-corrected chi connectivity index (χ3v) is 8.96. The van der Waals surface area contributed by atoms with Gasteiger partial charge in [0.1, 0.15) is 24.7 Å². The van der Waals surface area contributed by atoms with Gasteiger partial charge in [-0.25, -0.2) is 0 Å². The van der Waals surface area contributed by atoms with Crippen LogP contribution >= 0.6 is 0 Å². The Balaban J connectivity index is 1.48. The summed E-state index contributed by atoms with van der Waals surface area (Å²) in [4.78, 5) is 15.9. The Bertz CT molecular complexity index is 1850. The van der Waals surface area contributed by atoms with Gasteiger partial charge < -0.3 is 19.3 Å². The average molecular weight is 644 g/mol. The number of ether oxygens (including phenoxy) is 2. The molecule has 5 aromatic rings. The summed E-state index contributed by atoms with van der Waals surface area (Å²) in [6.07, 6.45) is 0.939. The lowest BCUT2D eigenvalue weighted by Crippen LogP contribution is -2.35. The summed E-state index contributed by atoms with van der Waals surface area (Å²) in [5.41, 5.74) is 8.26. The van der Waals surface area contributed by atoms with Crippen molar-refractivity contribution in [1.29, 1.82) is 0 Å². The molecule has 1 aliphatic heterocycles. The van der Waals surface area contributed by atoms with Crippen molar-refractivity contribution in [3.05, 3.63) is 125 Å². The van der Waals surface area contributed by atoms with Gasteiger partial charge in [-0.05, 0) is 72.6 Å². The summed E-state index contributed by atoms with van der Waals surface area (Å²) in [5, 5.41) is 7.32. The number of hydrogen-bond acceptors (Lipinski definition) is 6. The van der Waals surface area contributed by atoms with Crippen molar-refractivity contribution in [2.24, 2.45) is 0 Å². The van der Waals surface area contributed by atoms with E-state index in [0.717, 1.165) is 53.1 Å². The molecule has 7 nitrogen and oxygen atoms in total. The fraction of sp³-hybridized carbons (Fsp3) is 0.317. The lowest BCUT2D eigenvalue weighted by atomic mass is 9.91. The lowest BCUT2D eigenvalue weighted by molar-refractivity contribution is 0.0947. The summed E-state index contributed by atoms with van der Waals surface area (Å²) < 4.78 is 19.2. The first-order chi connectivity index (χ1) is 23.3. The van der Waals surface area contributed by atoms with Gasteiger partial charge in [0.25, 0.3) is 5.91 Å². The maximum atomic E-state index is 13.4. The molecule has 6 rings (SSSR count). The topological polar surface area (TPSA) is 76.8 Å². The number of carbonyl (C=O) groups is 1. The van der Waals surface area contributed by atoms with E-state index in [4.69, 9.17) is 14.0 Å². The zero-order valence-corrected chi connectivity index (χ0v) is 28.6. The second kappa shape index (κ2) is 14.9. The smallest absolute Gasteiger partial charge is 0.274 e. The summed E-state index contributed by atoms with van der Waals surface area (Å²) in [7, 11) is 0. The van der Waals surface area contributed by atoms with Crippen molar-refractivity contribution in [2.45, 2.75) is 72.8 Å². The largest absolute Gasteiger partial charge is 0.488 e. The quantitative estimate of drug-likeness (QED) is 0.146. The predicted molar refractivity (Wildman–Crippen MR) is 190 cm³/mol. The van der Waals surface area contributed by atoms with Crippen LogP contribution in [-0.2, 0) is 26.2 Å². The monoisotopic (exact) mass is 643 g/mol. The zero-order chi connectivity index (χ0) is 33.6. The molecule has 48 heavy (non-hydrogen) atoms. The van der Waals surface area contributed by atoms with E-state index in [1.165, 1.54) is 11.1 Å². The van der Waals surface area contributed by atoms with Gasteiger partial charge in [-0.1, -0.05) is 97.9 Å². The van der Waals surface area contributed by atoms with E-state index in [0.29, 0.717) is 42.9 Å². The first-order valence-corrected chi connectivity index (χ1v) is 17.0. The Morgan fingerprint density at radius 1 is 0.854 bits per heavy atom. The Hall–Kier alpha value is -4.88. The molecule has 7 heteroatoms. The van der Waals surface area contributed by atoms with E-state index in [9.17, 15) is 4.79 Å². The van der Waals surface area contributed by atoms with Gasteiger partial charge >= 0.3 is 0 Å². The standard InChI is InChI=1S/C41H45N3O4/c1-6-42-41(45)39-38(32-17-18-33-24-44(28(4)5)20-19-31(33)21-32)40(48-43-39)35-22-34(27(2)3)36(46-25-29-13-9-7-10-14-29)23-37(35)47-26-30-15-11-8-12-16-30/h7-18,21-23,27-28H,6,19-20,24-26H2,1-5H3,(H,42,45). The van der Waals surface area contributed by atoms with Crippen molar-refractivity contribution in [1.82, 2.24) is 15.4 Å². The van der Waals surface area contributed by atoms with Crippen molar-refractivity contribution in [3.63, 3.8) is 0 Å². The second-order valence-electron chi connectivity index (χ2n) is 13.0. The van der Waals surface area contributed by atoms with Crippen LogP contribution in [0.15, 0.2) is 95.5 Å². The van der Waals surface area contributed by atoms with Crippen LogP contribution in [0.1, 0.15) is 78.8 Å². The zero-order valence-electron chi connectivity index (χ0n) is 28.6. The third kappa shape index (κ3) is 7.32. The highest BCUT2D eigenvalue weighted by Crippen LogP contribution is 2.45. The minimum absolute atomic E-state index is 0.138. The van der Waals surface area contributed by atoms with Crippen LogP contribution in [0.25, 0.3) is 22.5 Å². The van der Waals surface area contributed by atoms with Crippen molar-refractivity contribution in [2.75, 3.05) is 13.1 Å². The van der Waals surface area contributed by atoms with Crippen LogP contribution in [0.2, 0.25) is 0 Å². The van der Waals surface area contributed by atoms with E-state index in [2.05, 4.69) is 79.5 Å². The Morgan fingerprint density at radius 2 is 1.52 bits per heavy atom. The van der Waals surface area contributed by atoms with E-state index < -0.39 is 0 Å². The first kappa shape index (κ1) is 33.0. The van der Waals surface area contributed by atoms with Crippen molar-refractivity contribution >= 4 is 5.91 Å². The molecule has 4 aromatic carbocycles. The van der Waals surface area contributed by atoms with E-state index in [1.807, 2.05) is 61.5 Å². The molecular formula is C41H45N3O4. The van der Waals surface area contributed by atoms with Gasteiger partial charge in [-0.2, -0.15) is 0 Å². The van der Waals surface area contributed by atoms with E-state index >= 15 is 0 Å². The molecule has 0 radical (unpaired) electrons. The van der Waals surface area contributed by atoms with Crippen LogP contribution in [0.3, 0.4) is 0 Å². The molecule has 1 N–H and O–H groups in total. The summed E-state index contributed by atoms with van der Waals surface area (Å²) >= 11 is 0. The molecule has 1 aromatic heterocycles. The molecule has 1 aliphatic rings. The minimum Gasteiger partial charge on any atom is -0.488 e. The van der Waals surface area contributed by atoms with Crippen LogP contribution in [0, 0.1) is 0 Å². The fourth-order valence-electron chi connectivity index (χ4n) is 6.23. The molecule has 0 saturated carbocycles. The third-order valence-electron chi connectivity index (χ3n) is 8.96. The summed E-state index contributed by atoms with van der Waals surface area (Å²) in [5.74, 6) is 1.70. The number of hydrogen-bond donors (Lipinski definition) is 1. The number of aromatic nitrogens is 1. The molecule has 248 valence electrons. The number of fused-ring (bicyclic) bond motifs is 1. The van der Waals surface area contributed by atoms with Gasteiger partial charge in [-0.15, -0.1) is 0 Å². The normalized spacial score (nSPS) is 13.1. The fourth-order valence-corrected chi connectivity index (χ4v) is 6.23. The highest BCUT2D eigenvalue weighted by molar-refractivity contribution is 6.02. The Labute approximate surface area is 283 Å². The average Bonchev–Trinajstić information content (AvgIpc) is 3.55. The lowest BCUT2D eigenvalue weighted by Gasteiger charge is -2.32. The maximum absolute atomic E-state index is 13.4. The number of nitrogens with one attached hydrogen (secondary N) is 1. The molecule has 0 aliphatic carbocycles. The molecule has 0 spiro atoms. The molecule has 2 heterocycles. The van der Waals surface area contributed by atoms with Gasteiger partial charge in [0.15, 0.2) is 11.5 Å². The van der Waals surface area contributed by atoms with E-state index in [-0.39, 0.29) is 17.5 Å². The maximum Gasteiger partial charge on any atom is 0.274 e. The number of nitrogens with zero attached hydrogens (tertiary/aromatic N) is 2. The predicted octanol–water partition coefficient (Wildman–Crippen LogP) is 8.81. The first-order valence-electron chi connectivity index (χ1n) is 17.0. The molecule has 0 fully saturated rings. The van der Waals surface area contributed by atoms with Crippen molar-refractivity contribution < 1.29 is 18.8 Å². The van der Waals surface area contributed by atoms with Crippen LogP contribution < -0.4 is 14.8 Å². The Kier molecular flexibility index (Phi) is 10.3. The number of benzene rings is 4. The second-order valence-corrected chi connectivity index (χ2v) is 13.0. The molecular weight excluding hydrogens is 598 g/mol. The van der Waals surface area contributed by atoms with Crippen LogP contribution in [0.5, 0.6) is 11.5 Å². The van der Waals surface area contributed by atoms with E-state index in [1.54, 1.807) is 0 Å². The molecule has 0 unspecified atom stereocenters. The number of amides is 1. The van der Waals surface area contributed by atoms with Gasteiger partial charge in [0, 0.05) is 31.7 Å². The summed E-state index contributed by atoms with van der Waals surface area (Å²) in [6, 6.07) is 31.2. The summed E-state index contributed by atoms with van der Waals surface area (Å²) in [6.45, 7) is 13.8. The minimum atomic E-state index is -0.273. The number of carbonyl (C=O) groups excluding carboxylic acids is 1. The molecule has 0 atom stereocenters. The van der Waals surface area contributed by atoms with Crippen molar-refractivity contribution in [3.8, 4) is 33.9 Å². The number of rotatable bonds is 12. The van der Waals surface area contributed by atoms with Crippen LogP contribution in [0.4, 0.5) is 0 Å². The van der Waals surface area contributed by atoms with Gasteiger partial charge in [0.05, 0.1) is 11.1 Å². The van der Waals surface area contributed by atoms with Gasteiger partial charge in [-0.3, -0.25) is 9.69 Å². The highest BCUT2D eigenvalue weighted by atomic mass is 16.5. The molecule has 1 amide bonds. The SMILES string of the molecule is CCNC(=O)c1noc(-c2cc(C(C)C)c(OCc3ccccc3)cc2OCc2ccccc2)c1-c1ccc2c(c1)CCN(C(C)C)C2. The molecule has 0 saturated heterocycles. The van der Waals surface area contributed by atoms with Gasteiger partial charge in [0.2, 0.25) is 0 Å². The van der Waals surface area contributed by atoms with Crippen LogP contribution in [-0.4, -0.2) is 35.1 Å². The highest BCUT2D eigenvalue weighted by Gasteiger charge is 2.29.